The summed E-state index contributed by atoms with van der Waals surface area (Å²) in [4.78, 5) is 12.3. The average molecular weight is 292 g/mol. The molecule has 3 aliphatic carbocycles. The summed E-state index contributed by atoms with van der Waals surface area (Å²) < 4.78 is 4.17. The van der Waals surface area contributed by atoms with Crippen LogP contribution in [0.15, 0.2) is 0 Å². The van der Waals surface area contributed by atoms with Gasteiger partial charge in [0.1, 0.15) is 10.6 Å². The fourth-order valence-electron chi connectivity index (χ4n) is 3.70. The number of amides is 1. The van der Waals surface area contributed by atoms with Crippen LogP contribution in [0.4, 0.5) is 10.8 Å². The van der Waals surface area contributed by atoms with E-state index in [-0.39, 0.29) is 5.91 Å². The Hall–Kier alpha value is -1.30. The van der Waals surface area contributed by atoms with E-state index in [4.69, 9.17) is 5.73 Å². The largest absolute Gasteiger partial charge is 0.382 e. The summed E-state index contributed by atoms with van der Waals surface area (Å²) in [5, 5.41) is 7.42. The first-order chi connectivity index (χ1) is 9.70. The van der Waals surface area contributed by atoms with Gasteiger partial charge in [-0.1, -0.05) is 6.42 Å². The zero-order valence-corrected chi connectivity index (χ0v) is 12.2. The van der Waals surface area contributed by atoms with Crippen molar-refractivity contribution in [1.82, 2.24) is 9.69 Å². The van der Waals surface area contributed by atoms with Crippen molar-refractivity contribution in [2.75, 3.05) is 11.1 Å². The summed E-state index contributed by atoms with van der Waals surface area (Å²) in [7, 11) is 0. The van der Waals surface area contributed by atoms with E-state index < -0.39 is 0 Å². The number of anilines is 2. The molecule has 3 aliphatic rings. The summed E-state index contributed by atoms with van der Waals surface area (Å²) in [6, 6.07) is 0.846. The molecular weight excluding hydrogens is 272 g/mol. The molecule has 6 heteroatoms. The molecular formula is C14H20N4OS. The van der Waals surface area contributed by atoms with Crippen molar-refractivity contribution in [1.29, 1.82) is 0 Å². The summed E-state index contributed by atoms with van der Waals surface area (Å²) in [5.41, 5.74) is 6.45. The van der Waals surface area contributed by atoms with Gasteiger partial charge in [-0.2, -0.15) is 4.37 Å². The summed E-state index contributed by atoms with van der Waals surface area (Å²) >= 11 is 1.32. The van der Waals surface area contributed by atoms with Crippen molar-refractivity contribution < 1.29 is 4.79 Å². The number of nitrogens with zero attached hydrogens (tertiary/aromatic N) is 1. The second-order valence-corrected chi connectivity index (χ2v) is 7.22. The maximum Gasteiger partial charge on any atom is 0.258 e. The fourth-order valence-corrected chi connectivity index (χ4v) is 4.47. The van der Waals surface area contributed by atoms with Crippen molar-refractivity contribution in [3.05, 3.63) is 5.56 Å². The molecule has 108 valence electrons. The van der Waals surface area contributed by atoms with Gasteiger partial charge in [-0.3, -0.25) is 4.79 Å². The van der Waals surface area contributed by atoms with Crippen molar-refractivity contribution >= 4 is 28.3 Å². The standard InChI is InChI=1S/C14H20N4OS/c15-12-11(13(19)16-9-3-4-9)14(20-18-12)17-10-6-7-1-2-8(10)5-7/h7-10,17H,1-6H2,(H2,15,18)(H,16,19). The molecule has 1 heterocycles. The predicted molar refractivity (Wildman–Crippen MR) is 79.9 cm³/mol. The van der Waals surface area contributed by atoms with Crippen LogP contribution in [-0.2, 0) is 0 Å². The van der Waals surface area contributed by atoms with Crippen LogP contribution in [0.5, 0.6) is 0 Å². The summed E-state index contributed by atoms with van der Waals surface area (Å²) in [6.45, 7) is 0. The third-order valence-corrected chi connectivity index (χ3v) is 5.71. The molecule has 1 aromatic rings. The van der Waals surface area contributed by atoms with Crippen molar-refractivity contribution in [2.45, 2.75) is 50.6 Å². The number of nitrogens with two attached hydrogens (primary N) is 1. The van der Waals surface area contributed by atoms with E-state index >= 15 is 0 Å². The highest BCUT2D eigenvalue weighted by atomic mass is 32.1. The second kappa shape index (κ2) is 4.62. The van der Waals surface area contributed by atoms with Crippen LogP contribution in [0.3, 0.4) is 0 Å². The lowest BCUT2D eigenvalue weighted by molar-refractivity contribution is 0.0953. The van der Waals surface area contributed by atoms with Crippen LogP contribution < -0.4 is 16.4 Å². The maximum atomic E-state index is 12.3. The van der Waals surface area contributed by atoms with Gasteiger partial charge in [0.2, 0.25) is 0 Å². The van der Waals surface area contributed by atoms with Gasteiger partial charge in [-0.15, -0.1) is 0 Å². The van der Waals surface area contributed by atoms with Gasteiger partial charge in [0, 0.05) is 12.1 Å². The van der Waals surface area contributed by atoms with Crippen LogP contribution in [0.1, 0.15) is 48.9 Å². The minimum absolute atomic E-state index is 0.0654. The lowest BCUT2D eigenvalue weighted by Crippen LogP contribution is -2.29. The first-order valence-electron chi connectivity index (χ1n) is 7.53. The van der Waals surface area contributed by atoms with Crippen molar-refractivity contribution in [3.63, 3.8) is 0 Å². The molecule has 0 saturated heterocycles. The van der Waals surface area contributed by atoms with E-state index in [1.165, 1.54) is 37.2 Å². The van der Waals surface area contributed by atoms with E-state index in [1.54, 1.807) is 0 Å². The van der Waals surface area contributed by atoms with Gasteiger partial charge in [0.05, 0.1) is 0 Å². The molecule has 20 heavy (non-hydrogen) atoms. The van der Waals surface area contributed by atoms with Crippen LogP contribution in [-0.4, -0.2) is 22.4 Å². The molecule has 3 saturated carbocycles. The van der Waals surface area contributed by atoms with Crippen molar-refractivity contribution in [3.8, 4) is 0 Å². The maximum absolute atomic E-state index is 12.3. The Morgan fingerprint density at radius 3 is 2.75 bits per heavy atom. The monoisotopic (exact) mass is 292 g/mol. The number of fused-ring (bicyclic) bond motifs is 2. The highest BCUT2D eigenvalue weighted by molar-refractivity contribution is 7.11. The van der Waals surface area contributed by atoms with Gasteiger partial charge in [0.15, 0.2) is 5.82 Å². The Bertz CT molecular complexity index is 539. The summed E-state index contributed by atoms with van der Waals surface area (Å²) in [5.74, 6) is 1.94. The molecule has 3 fully saturated rings. The Morgan fingerprint density at radius 2 is 2.10 bits per heavy atom. The number of carbonyl (C=O) groups excluding carboxylic acids is 1. The van der Waals surface area contributed by atoms with E-state index in [0.717, 1.165) is 29.7 Å². The molecule has 3 unspecified atom stereocenters. The Labute approximate surface area is 122 Å². The number of nitrogens with one attached hydrogen (secondary N) is 2. The molecule has 3 atom stereocenters. The molecule has 5 nitrogen and oxygen atoms in total. The Balaban J connectivity index is 1.51. The van der Waals surface area contributed by atoms with Gasteiger partial charge < -0.3 is 16.4 Å². The number of aromatic nitrogens is 1. The zero-order chi connectivity index (χ0) is 13.7. The number of hydrogen-bond acceptors (Lipinski definition) is 5. The number of carbonyl (C=O) groups is 1. The molecule has 0 spiro atoms. The molecule has 0 radical (unpaired) electrons. The number of nitrogen functional groups attached to an aromatic ring is 1. The van der Waals surface area contributed by atoms with E-state index in [2.05, 4.69) is 15.0 Å². The number of hydrogen-bond donors (Lipinski definition) is 3. The van der Waals surface area contributed by atoms with Crippen LogP contribution in [0.25, 0.3) is 0 Å². The SMILES string of the molecule is Nc1nsc(NC2CC3CCC2C3)c1C(=O)NC1CC1. The number of rotatable bonds is 4. The lowest BCUT2D eigenvalue weighted by atomic mass is 9.95. The third-order valence-electron chi connectivity index (χ3n) is 4.91. The first-order valence-corrected chi connectivity index (χ1v) is 8.30. The van der Waals surface area contributed by atoms with Gasteiger partial charge in [-0.25, -0.2) is 0 Å². The smallest absolute Gasteiger partial charge is 0.258 e. The molecule has 1 aromatic heterocycles. The highest BCUT2D eigenvalue weighted by Crippen LogP contribution is 2.46. The molecule has 4 rings (SSSR count). The zero-order valence-electron chi connectivity index (χ0n) is 11.4. The lowest BCUT2D eigenvalue weighted by Gasteiger charge is -2.23. The molecule has 4 N–H and O–H groups in total. The molecule has 1 amide bonds. The first kappa shape index (κ1) is 12.4. The van der Waals surface area contributed by atoms with Crippen LogP contribution in [0, 0.1) is 11.8 Å². The normalized spacial score (nSPS) is 31.5. The van der Waals surface area contributed by atoms with Gasteiger partial charge >= 0.3 is 0 Å². The van der Waals surface area contributed by atoms with Crippen LogP contribution >= 0.6 is 11.5 Å². The Morgan fingerprint density at radius 1 is 1.25 bits per heavy atom. The van der Waals surface area contributed by atoms with E-state index in [9.17, 15) is 4.79 Å². The second-order valence-electron chi connectivity index (χ2n) is 6.45. The molecule has 0 aliphatic heterocycles. The third kappa shape index (κ3) is 2.16. The van der Waals surface area contributed by atoms with Gasteiger partial charge in [-0.05, 0) is 55.5 Å². The van der Waals surface area contributed by atoms with Gasteiger partial charge in [0.25, 0.3) is 5.91 Å². The van der Waals surface area contributed by atoms with E-state index in [0.29, 0.717) is 23.5 Å². The average Bonchev–Trinajstić information content (AvgIpc) is 2.86. The fraction of sp³-hybridized carbons (Fsp3) is 0.714. The van der Waals surface area contributed by atoms with Crippen molar-refractivity contribution in [2.24, 2.45) is 11.8 Å². The quantitative estimate of drug-likeness (QED) is 0.795. The molecule has 2 bridgehead atoms. The highest BCUT2D eigenvalue weighted by Gasteiger charge is 2.40. The predicted octanol–water partition coefficient (Wildman–Crippen LogP) is 2.22. The van der Waals surface area contributed by atoms with E-state index in [1.807, 2.05) is 0 Å². The topological polar surface area (TPSA) is 80.0 Å². The minimum Gasteiger partial charge on any atom is -0.382 e. The Kier molecular flexibility index (Phi) is 2.87. The minimum atomic E-state index is -0.0654. The van der Waals surface area contributed by atoms with Crippen LogP contribution in [0.2, 0.25) is 0 Å². The molecule has 0 aromatic carbocycles. The summed E-state index contributed by atoms with van der Waals surface area (Å²) in [6.07, 6.45) is 7.43.